The van der Waals surface area contributed by atoms with Crippen LogP contribution in [0.4, 0.5) is 10.1 Å². The molecule has 1 aliphatic rings. The smallest absolute Gasteiger partial charge is 0.227 e. The number of likely N-dealkylation sites (tertiary alicyclic amines) is 1. The van der Waals surface area contributed by atoms with Gasteiger partial charge in [0.15, 0.2) is 0 Å². The van der Waals surface area contributed by atoms with Crippen LogP contribution >= 0.6 is 0 Å². The third-order valence-electron chi connectivity index (χ3n) is 5.22. The molecular formula is C22H25FN2O2. The highest BCUT2D eigenvalue weighted by molar-refractivity contribution is 5.94. The number of anilines is 1. The van der Waals surface area contributed by atoms with Crippen LogP contribution in [0.15, 0.2) is 42.5 Å². The minimum absolute atomic E-state index is 0.0233. The molecule has 1 aliphatic heterocycles. The van der Waals surface area contributed by atoms with Gasteiger partial charge < -0.3 is 10.2 Å². The number of nitrogens with one attached hydrogen (secondary N) is 1. The van der Waals surface area contributed by atoms with Crippen molar-refractivity contribution in [1.29, 1.82) is 0 Å². The number of benzene rings is 2. The second-order valence-corrected chi connectivity index (χ2v) is 7.21. The highest BCUT2D eigenvalue weighted by Gasteiger charge is 2.27. The number of nitrogens with zero attached hydrogens (tertiary/aromatic N) is 1. The molecule has 0 spiro atoms. The summed E-state index contributed by atoms with van der Waals surface area (Å²) in [5.74, 6) is -0.339. The molecule has 1 fully saturated rings. The van der Waals surface area contributed by atoms with Crippen molar-refractivity contribution in [3.8, 4) is 0 Å². The zero-order valence-corrected chi connectivity index (χ0v) is 15.8. The van der Waals surface area contributed by atoms with E-state index in [-0.39, 0.29) is 30.0 Å². The number of piperidine rings is 1. The zero-order chi connectivity index (χ0) is 19.4. The number of carbonyl (C=O) groups excluding carboxylic acids is 2. The van der Waals surface area contributed by atoms with Crippen LogP contribution in [0.25, 0.3) is 0 Å². The first kappa shape index (κ1) is 19.1. The van der Waals surface area contributed by atoms with Gasteiger partial charge in [0.1, 0.15) is 5.82 Å². The fraction of sp³-hybridized carbons (Fsp3) is 0.364. The molecule has 1 saturated heterocycles. The monoisotopic (exact) mass is 368 g/mol. The van der Waals surface area contributed by atoms with E-state index in [0.29, 0.717) is 25.9 Å². The Hall–Kier alpha value is -2.69. The Labute approximate surface area is 159 Å². The van der Waals surface area contributed by atoms with Gasteiger partial charge in [0.2, 0.25) is 11.8 Å². The number of para-hydroxylation sites is 1. The molecule has 2 amide bonds. The van der Waals surface area contributed by atoms with E-state index in [9.17, 15) is 14.0 Å². The van der Waals surface area contributed by atoms with Crippen LogP contribution in [0.3, 0.4) is 0 Å². The second-order valence-electron chi connectivity index (χ2n) is 7.21. The summed E-state index contributed by atoms with van der Waals surface area (Å²) >= 11 is 0. The summed E-state index contributed by atoms with van der Waals surface area (Å²) in [7, 11) is 0. The van der Waals surface area contributed by atoms with E-state index in [1.54, 1.807) is 17.0 Å². The van der Waals surface area contributed by atoms with Gasteiger partial charge >= 0.3 is 0 Å². The first-order chi connectivity index (χ1) is 12.9. The number of rotatable bonds is 4. The Morgan fingerprint density at radius 2 is 1.63 bits per heavy atom. The third-order valence-corrected chi connectivity index (χ3v) is 5.22. The summed E-state index contributed by atoms with van der Waals surface area (Å²) in [5, 5.41) is 3.06. The van der Waals surface area contributed by atoms with E-state index >= 15 is 0 Å². The maximum Gasteiger partial charge on any atom is 0.227 e. The summed E-state index contributed by atoms with van der Waals surface area (Å²) < 4.78 is 13.0. The average Bonchev–Trinajstić information content (AvgIpc) is 2.66. The summed E-state index contributed by atoms with van der Waals surface area (Å²) in [6.45, 7) is 5.12. The third kappa shape index (κ3) is 4.73. The van der Waals surface area contributed by atoms with Gasteiger partial charge in [0.25, 0.3) is 0 Å². The first-order valence-electron chi connectivity index (χ1n) is 9.33. The Bertz CT molecular complexity index is 804. The molecule has 27 heavy (non-hydrogen) atoms. The lowest BCUT2D eigenvalue weighted by atomic mass is 9.95. The molecule has 142 valence electrons. The number of amides is 2. The molecule has 2 aromatic carbocycles. The molecule has 5 heteroatoms. The van der Waals surface area contributed by atoms with Crippen molar-refractivity contribution < 1.29 is 14.0 Å². The van der Waals surface area contributed by atoms with E-state index in [0.717, 1.165) is 22.4 Å². The van der Waals surface area contributed by atoms with Gasteiger partial charge in [-0.05, 0) is 55.5 Å². The number of hydrogen-bond donors (Lipinski definition) is 1. The Morgan fingerprint density at radius 1 is 1.04 bits per heavy atom. The molecule has 0 atom stereocenters. The van der Waals surface area contributed by atoms with Crippen LogP contribution < -0.4 is 5.32 Å². The molecule has 0 radical (unpaired) electrons. The molecule has 2 aromatic rings. The van der Waals surface area contributed by atoms with Crippen LogP contribution in [0.1, 0.15) is 29.5 Å². The minimum Gasteiger partial charge on any atom is -0.342 e. The maximum absolute atomic E-state index is 13.0. The van der Waals surface area contributed by atoms with E-state index in [4.69, 9.17) is 0 Å². The summed E-state index contributed by atoms with van der Waals surface area (Å²) in [6.07, 6.45) is 1.58. The molecule has 0 saturated carbocycles. The van der Waals surface area contributed by atoms with Gasteiger partial charge in [0, 0.05) is 24.7 Å². The second kappa shape index (κ2) is 8.33. The predicted molar refractivity (Wildman–Crippen MR) is 104 cm³/mol. The molecule has 4 nitrogen and oxygen atoms in total. The zero-order valence-electron chi connectivity index (χ0n) is 15.8. The largest absolute Gasteiger partial charge is 0.342 e. The van der Waals surface area contributed by atoms with Gasteiger partial charge in [-0.2, -0.15) is 0 Å². The lowest BCUT2D eigenvalue weighted by molar-refractivity contribution is -0.133. The maximum atomic E-state index is 13.0. The molecule has 0 unspecified atom stereocenters. The number of carbonyl (C=O) groups is 2. The topological polar surface area (TPSA) is 49.4 Å². The Kier molecular flexibility index (Phi) is 5.89. The highest BCUT2D eigenvalue weighted by atomic mass is 19.1. The van der Waals surface area contributed by atoms with Crippen molar-refractivity contribution in [3.05, 3.63) is 65.0 Å². The van der Waals surface area contributed by atoms with Crippen molar-refractivity contribution >= 4 is 17.5 Å². The summed E-state index contributed by atoms with van der Waals surface area (Å²) in [5.41, 5.74) is 3.79. The average molecular weight is 368 g/mol. The fourth-order valence-corrected chi connectivity index (χ4v) is 3.52. The molecule has 3 rings (SSSR count). The molecule has 0 aromatic heterocycles. The molecule has 1 N–H and O–H groups in total. The van der Waals surface area contributed by atoms with Crippen molar-refractivity contribution in [1.82, 2.24) is 4.90 Å². The molecule has 0 bridgehead atoms. The number of hydrogen-bond acceptors (Lipinski definition) is 2. The highest BCUT2D eigenvalue weighted by Crippen LogP contribution is 2.24. The normalized spacial score (nSPS) is 14.9. The quantitative estimate of drug-likeness (QED) is 0.891. The molecule has 0 aliphatic carbocycles. The minimum atomic E-state index is -0.304. The Balaban J connectivity index is 1.53. The SMILES string of the molecule is Cc1cccc(C)c1NC(=O)C1CCN(C(=O)Cc2ccc(F)cc2)CC1. The van der Waals surface area contributed by atoms with Crippen LogP contribution in [0.5, 0.6) is 0 Å². The van der Waals surface area contributed by atoms with E-state index in [1.807, 2.05) is 32.0 Å². The van der Waals surface area contributed by atoms with Crippen LogP contribution in [-0.2, 0) is 16.0 Å². The molecule has 1 heterocycles. The lowest BCUT2D eigenvalue weighted by Gasteiger charge is -2.31. The van der Waals surface area contributed by atoms with Gasteiger partial charge in [-0.25, -0.2) is 4.39 Å². The predicted octanol–water partition coefficient (Wildman–Crippen LogP) is 3.86. The first-order valence-corrected chi connectivity index (χ1v) is 9.33. The van der Waals surface area contributed by atoms with E-state index in [2.05, 4.69) is 5.32 Å². The standard InChI is InChI=1S/C22H25FN2O2/c1-15-4-3-5-16(2)21(15)24-22(27)18-10-12-25(13-11-18)20(26)14-17-6-8-19(23)9-7-17/h3-9,18H,10-14H2,1-2H3,(H,24,27). The molecular weight excluding hydrogens is 343 g/mol. The lowest BCUT2D eigenvalue weighted by Crippen LogP contribution is -2.42. The van der Waals surface area contributed by atoms with Crippen molar-refractivity contribution in [2.45, 2.75) is 33.1 Å². The van der Waals surface area contributed by atoms with Gasteiger partial charge in [-0.15, -0.1) is 0 Å². The van der Waals surface area contributed by atoms with Gasteiger partial charge in [-0.3, -0.25) is 9.59 Å². The van der Waals surface area contributed by atoms with Crippen LogP contribution in [0, 0.1) is 25.6 Å². The van der Waals surface area contributed by atoms with Crippen molar-refractivity contribution in [3.63, 3.8) is 0 Å². The van der Waals surface area contributed by atoms with Gasteiger partial charge in [0.05, 0.1) is 6.42 Å². The van der Waals surface area contributed by atoms with E-state index in [1.165, 1.54) is 12.1 Å². The fourth-order valence-electron chi connectivity index (χ4n) is 3.52. The van der Waals surface area contributed by atoms with Gasteiger partial charge in [-0.1, -0.05) is 30.3 Å². The van der Waals surface area contributed by atoms with Crippen molar-refractivity contribution in [2.75, 3.05) is 18.4 Å². The summed E-state index contributed by atoms with van der Waals surface area (Å²) in [6, 6.07) is 12.0. The van der Waals surface area contributed by atoms with Crippen LogP contribution in [-0.4, -0.2) is 29.8 Å². The number of halogens is 1. The van der Waals surface area contributed by atoms with Crippen molar-refractivity contribution in [2.24, 2.45) is 5.92 Å². The Morgan fingerprint density at radius 3 is 2.22 bits per heavy atom. The van der Waals surface area contributed by atoms with E-state index < -0.39 is 0 Å². The van der Waals surface area contributed by atoms with Crippen LogP contribution in [0.2, 0.25) is 0 Å². The summed E-state index contributed by atoms with van der Waals surface area (Å²) in [4.78, 5) is 26.9. The number of aryl methyl sites for hydroxylation is 2.